The number of rotatable bonds is 6. The van der Waals surface area contributed by atoms with E-state index in [9.17, 15) is 5.11 Å². The zero-order valence-corrected chi connectivity index (χ0v) is 38.4. The highest BCUT2D eigenvalue weighted by molar-refractivity contribution is 7.44. The lowest BCUT2D eigenvalue weighted by Gasteiger charge is -2.27. The molecule has 0 aliphatic rings. The molecule has 0 unspecified atom stereocenters. The van der Waals surface area contributed by atoms with Crippen LogP contribution in [0.4, 0.5) is 0 Å². The molecule has 4 aromatic heterocycles. The summed E-state index contributed by atoms with van der Waals surface area (Å²) < 4.78 is 5.99. The van der Waals surface area contributed by atoms with Crippen molar-refractivity contribution in [2.24, 2.45) is 0 Å². The first-order valence-corrected chi connectivity index (χ1v) is 23.5. The maximum absolute atomic E-state index is 12.6. The molecule has 1 N–H and O–H groups in total. The van der Waals surface area contributed by atoms with Crippen molar-refractivity contribution in [3.8, 4) is 67.5 Å². The summed E-state index contributed by atoms with van der Waals surface area (Å²) >= 11 is 3.67. The fourth-order valence-electron chi connectivity index (χ4n) is 9.12. The first-order valence-electron chi connectivity index (χ1n) is 21.9. The van der Waals surface area contributed by atoms with Crippen molar-refractivity contribution in [3.05, 3.63) is 181 Å². The molecule has 0 amide bonds. The van der Waals surface area contributed by atoms with Crippen LogP contribution in [-0.2, 0) is 10.8 Å². The Labute approximate surface area is 381 Å². The summed E-state index contributed by atoms with van der Waals surface area (Å²) in [7, 11) is 0. The van der Waals surface area contributed by atoms with Gasteiger partial charge in [-0.1, -0.05) is 151 Å². The van der Waals surface area contributed by atoms with Gasteiger partial charge in [0, 0.05) is 48.4 Å². The summed E-state index contributed by atoms with van der Waals surface area (Å²) in [5.41, 5.74) is 14.0. The second kappa shape index (κ2) is 15.2. The number of hydrogen-bond acceptors (Lipinski definition) is 5. The SMILES string of the molecule is CC(C)(C)c1cc(-c2nc3c4c(ccc3n2-c2ccc(-c3ccccc3)cc2-c2ccccc2)sc2sc3ccc(-c5cc(-c6ccccc6)ccn5)cc3c24)c(O)c(C(C)(C)C)c1. The van der Waals surface area contributed by atoms with E-state index in [1.54, 1.807) is 0 Å². The van der Waals surface area contributed by atoms with Crippen molar-refractivity contribution >= 4 is 63.3 Å². The summed E-state index contributed by atoms with van der Waals surface area (Å²) in [6.45, 7) is 13.2. The summed E-state index contributed by atoms with van der Waals surface area (Å²) in [4.78, 5) is 10.6. The zero-order chi connectivity index (χ0) is 43.9. The number of nitrogens with zero attached hydrogens (tertiary/aromatic N) is 3. The lowest BCUT2D eigenvalue weighted by molar-refractivity contribution is 0.446. The number of phenols is 1. The molecule has 11 aromatic rings. The average molecular weight is 866 g/mol. The third kappa shape index (κ3) is 6.80. The number of phenolic OH excluding ortho intramolecular Hbond substituents is 1. The van der Waals surface area contributed by atoms with E-state index in [-0.39, 0.29) is 16.6 Å². The van der Waals surface area contributed by atoms with Gasteiger partial charge in [0.15, 0.2) is 0 Å². The van der Waals surface area contributed by atoms with Gasteiger partial charge >= 0.3 is 0 Å². The molecule has 312 valence electrons. The standard InChI is InChI=1S/C58H47N3OS2/c1-57(2,3)41-33-44(54(62)45(34-41)58(4,5)6)55-60-53-48(61(55)47-24-22-38(35-16-10-7-11-17-35)30-42(47)37-20-14-9-15-21-37)25-27-50-52(53)51-43-31-40(23-26-49(43)63-56(51)64-50)46-32-39(28-29-59-46)36-18-12-8-13-19-36/h7-34,62H,1-6H3. The van der Waals surface area contributed by atoms with E-state index in [2.05, 4.69) is 204 Å². The van der Waals surface area contributed by atoms with Crippen molar-refractivity contribution in [2.45, 2.75) is 52.4 Å². The molecular formula is C58H47N3OS2. The Morgan fingerprint density at radius 2 is 1.14 bits per heavy atom. The third-order valence-corrected chi connectivity index (χ3v) is 14.9. The van der Waals surface area contributed by atoms with Gasteiger partial charge in [-0.3, -0.25) is 9.55 Å². The van der Waals surface area contributed by atoms with Gasteiger partial charge in [-0.2, -0.15) is 0 Å². The highest BCUT2D eigenvalue weighted by Crippen LogP contribution is 2.50. The van der Waals surface area contributed by atoms with Crippen LogP contribution < -0.4 is 0 Å². The summed E-state index contributed by atoms with van der Waals surface area (Å²) in [5.74, 6) is 0.976. The predicted octanol–water partition coefficient (Wildman–Crippen LogP) is 16.6. The second-order valence-corrected chi connectivity index (χ2v) is 21.2. The normalized spacial score (nSPS) is 12.3. The number of hydrogen-bond donors (Lipinski definition) is 1. The highest BCUT2D eigenvalue weighted by atomic mass is 32.2. The van der Waals surface area contributed by atoms with Crippen LogP contribution in [0.5, 0.6) is 5.75 Å². The Bertz CT molecular complexity index is 3570. The molecule has 6 heteroatoms. The second-order valence-electron chi connectivity index (χ2n) is 18.8. The molecule has 7 aromatic carbocycles. The number of imidazole rings is 1. The van der Waals surface area contributed by atoms with E-state index in [4.69, 9.17) is 9.97 Å². The maximum Gasteiger partial charge on any atom is 0.149 e. The van der Waals surface area contributed by atoms with Crippen LogP contribution in [0.2, 0.25) is 0 Å². The average Bonchev–Trinajstić information content (AvgIpc) is 3.98. The van der Waals surface area contributed by atoms with Gasteiger partial charge in [-0.25, -0.2) is 4.98 Å². The minimum Gasteiger partial charge on any atom is -0.507 e. The van der Waals surface area contributed by atoms with Crippen LogP contribution in [-0.4, -0.2) is 19.6 Å². The number of aromatic hydroxyl groups is 1. The number of benzene rings is 7. The van der Waals surface area contributed by atoms with Crippen LogP contribution in [0.1, 0.15) is 52.7 Å². The van der Waals surface area contributed by atoms with Crippen molar-refractivity contribution in [2.75, 3.05) is 0 Å². The van der Waals surface area contributed by atoms with E-state index in [0.29, 0.717) is 5.82 Å². The summed E-state index contributed by atoms with van der Waals surface area (Å²) in [6, 6.07) is 58.3. The number of aromatic nitrogens is 3. The van der Waals surface area contributed by atoms with Crippen molar-refractivity contribution in [1.29, 1.82) is 0 Å². The molecule has 0 spiro atoms. The van der Waals surface area contributed by atoms with Crippen molar-refractivity contribution in [1.82, 2.24) is 14.5 Å². The maximum atomic E-state index is 12.6. The topological polar surface area (TPSA) is 50.9 Å². The monoisotopic (exact) mass is 865 g/mol. The summed E-state index contributed by atoms with van der Waals surface area (Å²) in [6.07, 6.45) is 1.91. The van der Waals surface area contributed by atoms with Gasteiger partial charge in [0.25, 0.3) is 0 Å². The van der Waals surface area contributed by atoms with Gasteiger partial charge in [0.2, 0.25) is 0 Å². The molecule has 0 saturated carbocycles. The van der Waals surface area contributed by atoms with E-state index in [0.717, 1.165) is 77.9 Å². The molecule has 0 fully saturated rings. The quantitative estimate of drug-likeness (QED) is 0.181. The van der Waals surface area contributed by atoms with Crippen LogP contribution in [0, 0.1) is 0 Å². The fraction of sp³-hybridized carbons (Fsp3) is 0.138. The van der Waals surface area contributed by atoms with E-state index in [1.165, 1.54) is 29.7 Å². The highest BCUT2D eigenvalue weighted by Gasteiger charge is 2.30. The van der Waals surface area contributed by atoms with Gasteiger partial charge in [-0.05, 0) is 98.8 Å². The van der Waals surface area contributed by atoms with Crippen LogP contribution >= 0.6 is 22.7 Å². The molecule has 11 rings (SSSR count). The van der Waals surface area contributed by atoms with Crippen LogP contribution in [0.25, 0.3) is 102 Å². The first-order chi connectivity index (χ1) is 30.9. The molecular weight excluding hydrogens is 819 g/mol. The van der Waals surface area contributed by atoms with Crippen LogP contribution in [0.15, 0.2) is 170 Å². The molecule has 0 aliphatic heterocycles. The Morgan fingerprint density at radius 3 is 1.81 bits per heavy atom. The Balaban J connectivity index is 1.22. The van der Waals surface area contributed by atoms with E-state index < -0.39 is 0 Å². The number of pyridine rings is 1. The number of fused-ring (bicyclic) bond motifs is 7. The molecule has 64 heavy (non-hydrogen) atoms. The molecule has 0 atom stereocenters. The van der Waals surface area contributed by atoms with Crippen molar-refractivity contribution < 1.29 is 5.11 Å². The van der Waals surface area contributed by atoms with E-state index >= 15 is 0 Å². The Morgan fingerprint density at radius 1 is 0.516 bits per heavy atom. The Kier molecular flexibility index (Phi) is 9.46. The smallest absolute Gasteiger partial charge is 0.149 e. The molecule has 0 saturated heterocycles. The first kappa shape index (κ1) is 40.0. The minimum absolute atomic E-state index is 0.179. The third-order valence-electron chi connectivity index (χ3n) is 12.5. The lowest BCUT2D eigenvalue weighted by atomic mass is 9.79. The summed E-state index contributed by atoms with van der Waals surface area (Å²) in [5, 5.41) is 16.1. The van der Waals surface area contributed by atoms with Gasteiger partial charge in [-0.15, -0.1) is 22.7 Å². The number of thiophene rings is 2. The Hall–Kier alpha value is -6.86. The minimum atomic E-state index is -0.320. The lowest BCUT2D eigenvalue weighted by Crippen LogP contribution is -2.17. The van der Waals surface area contributed by atoms with E-state index in [1.807, 2.05) is 34.9 Å². The van der Waals surface area contributed by atoms with Crippen LogP contribution in [0.3, 0.4) is 0 Å². The molecule has 4 heterocycles. The van der Waals surface area contributed by atoms with Gasteiger partial charge in [0.1, 0.15) is 11.6 Å². The zero-order valence-electron chi connectivity index (χ0n) is 36.8. The fourth-order valence-corrected chi connectivity index (χ4v) is 11.7. The largest absolute Gasteiger partial charge is 0.507 e. The van der Waals surface area contributed by atoms with Crippen molar-refractivity contribution in [3.63, 3.8) is 0 Å². The van der Waals surface area contributed by atoms with Gasteiger partial charge in [0.05, 0.1) is 32.0 Å². The molecule has 0 radical (unpaired) electrons. The molecule has 4 nitrogen and oxygen atoms in total. The van der Waals surface area contributed by atoms with Gasteiger partial charge < -0.3 is 5.11 Å². The predicted molar refractivity (Wildman–Crippen MR) is 273 cm³/mol. The molecule has 0 aliphatic carbocycles. The molecule has 0 bridgehead atoms.